The number of anilines is 1. The molecule has 19 heavy (non-hydrogen) atoms. The van der Waals surface area contributed by atoms with Crippen LogP contribution in [0, 0.1) is 5.92 Å². The van der Waals surface area contributed by atoms with Gasteiger partial charge in [0.1, 0.15) is 0 Å². The van der Waals surface area contributed by atoms with Crippen molar-refractivity contribution in [3.8, 4) is 0 Å². The first-order valence-corrected chi connectivity index (χ1v) is 8.58. The highest BCUT2D eigenvalue weighted by molar-refractivity contribution is 9.11. The minimum atomic E-state index is -0.0869. The van der Waals surface area contributed by atoms with Gasteiger partial charge in [0.2, 0.25) is 5.91 Å². The third-order valence-corrected chi connectivity index (χ3v) is 5.12. The van der Waals surface area contributed by atoms with Gasteiger partial charge < -0.3 is 11.1 Å². The van der Waals surface area contributed by atoms with Gasteiger partial charge in [-0.15, -0.1) is 0 Å². The Bertz CT molecular complexity index is 470. The minimum Gasteiger partial charge on any atom is -0.327 e. The fourth-order valence-electron chi connectivity index (χ4n) is 2.36. The summed E-state index contributed by atoms with van der Waals surface area (Å²) < 4.78 is 2.62. The Morgan fingerprint density at radius 2 is 1.74 bits per heavy atom. The van der Waals surface area contributed by atoms with Crippen LogP contribution in [0.3, 0.4) is 0 Å². The molecular formula is C13H15Br3N2O. The Hall–Kier alpha value is 0.0900. The van der Waals surface area contributed by atoms with Gasteiger partial charge in [-0.2, -0.15) is 0 Å². The molecule has 1 fully saturated rings. The van der Waals surface area contributed by atoms with Crippen molar-refractivity contribution < 1.29 is 4.79 Å². The van der Waals surface area contributed by atoms with E-state index in [9.17, 15) is 4.79 Å². The second kappa shape index (κ2) is 6.70. The van der Waals surface area contributed by atoms with E-state index in [-0.39, 0.29) is 17.9 Å². The van der Waals surface area contributed by atoms with Gasteiger partial charge in [-0.25, -0.2) is 0 Å². The van der Waals surface area contributed by atoms with Crippen molar-refractivity contribution in [3.05, 3.63) is 25.6 Å². The maximum absolute atomic E-state index is 12.3. The second-order valence-corrected chi connectivity index (χ2v) is 7.41. The fraction of sp³-hybridized carbons (Fsp3) is 0.462. The van der Waals surface area contributed by atoms with Crippen LogP contribution in [0.5, 0.6) is 0 Å². The summed E-state index contributed by atoms with van der Waals surface area (Å²) in [6.07, 6.45) is 4.00. The van der Waals surface area contributed by atoms with Crippen molar-refractivity contribution in [3.63, 3.8) is 0 Å². The lowest BCUT2D eigenvalue weighted by atomic mass is 9.84. The topological polar surface area (TPSA) is 55.1 Å². The Morgan fingerprint density at radius 3 is 2.32 bits per heavy atom. The van der Waals surface area contributed by atoms with E-state index in [1.54, 1.807) is 0 Å². The van der Waals surface area contributed by atoms with Crippen LogP contribution >= 0.6 is 47.8 Å². The first-order chi connectivity index (χ1) is 8.99. The van der Waals surface area contributed by atoms with E-state index in [1.807, 2.05) is 12.1 Å². The highest BCUT2D eigenvalue weighted by Crippen LogP contribution is 2.35. The highest BCUT2D eigenvalue weighted by atomic mass is 79.9. The first-order valence-electron chi connectivity index (χ1n) is 6.20. The van der Waals surface area contributed by atoms with E-state index in [2.05, 4.69) is 53.1 Å². The lowest BCUT2D eigenvalue weighted by molar-refractivity contribution is -0.121. The summed E-state index contributed by atoms with van der Waals surface area (Å²) in [5, 5.41) is 2.97. The van der Waals surface area contributed by atoms with E-state index in [4.69, 9.17) is 5.73 Å². The zero-order valence-corrected chi connectivity index (χ0v) is 15.0. The number of hydrogen-bond donors (Lipinski definition) is 2. The number of amides is 1. The molecule has 1 saturated carbocycles. The molecule has 1 aliphatic carbocycles. The molecule has 1 aromatic rings. The van der Waals surface area contributed by atoms with E-state index in [0.717, 1.165) is 44.8 Å². The standard InChI is InChI=1S/C13H15Br3N2O/c14-7-5-9(15)12(10(16)6-7)18-13(19)8-3-1-2-4-11(8)17/h5-6,8,11H,1-4,17H2,(H,18,19). The van der Waals surface area contributed by atoms with Crippen LogP contribution in [0.25, 0.3) is 0 Å². The predicted octanol–water partition coefficient (Wildman–Crippen LogP) is 4.43. The smallest absolute Gasteiger partial charge is 0.229 e. The van der Waals surface area contributed by atoms with Gasteiger partial charge in [0, 0.05) is 19.5 Å². The SMILES string of the molecule is NC1CCCCC1C(=O)Nc1c(Br)cc(Br)cc1Br. The molecule has 104 valence electrons. The molecule has 3 nitrogen and oxygen atoms in total. The number of nitrogens with one attached hydrogen (secondary N) is 1. The number of hydrogen-bond acceptors (Lipinski definition) is 2. The van der Waals surface area contributed by atoms with Crippen molar-refractivity contribution in [2.24, 2.45) is 11.7 Å². The van der Waals surface area contributed by atoms with Crippen molar-refractivity contribution in [2.45, 2.75) is 31.7 Å². The van der Waals surface area contributed by atoms with Crippen LogP contribution in [0.2, 0.25) is 0 Å². The quantitative estimate of drug-likeness (QED) is 0.694. The molecule has 1 aliphatic rings. The van der Waals surface area contributed by atoms with Gasteiger partial charge in [0.15, 0.2) is 0 Å². The van der Waals surface area contributed by atoms with Gasteiger partial charge in [-0.1, -0.05) is 28.8 Å². The average molecular weight is 455 g/mol. The maximum Gasteiger partial charge on any atom is 0.229 e. The van der Waals surface area contributed by atoms with Gasteiger partial charge in [-0.3, -0.25) is 4.79 Å². The van der Waals surface area contributed by atoms with Crippen LogP contribution in [-0.4, -0.2) is 11.9 Å². The van der Waals surface area contributed by atoms with E-state index in [1.165, 1.54) is 0 Å². The summed E-state index contributed by atoms with van der Waals surface area (Å²) in [6.45, 7) is 0. The van der Waals surface area contributed by atoms with Gasteiger partial charge in [0.25, 0.3) is 0 Å². The Balaban J connectivity index is 2.14. The number of halogens is 3. The van der Waals surface area contributed by atoms with Crippen molar-refractivity contribution >= 4 is 59.4 Å². The van der Waals surface area contributed by atoms with Crippen LogP contribution in [-0.2, 0) is 4.79 Å². The third kappa shape index (κ3) is 3.80. The average Bonchev–Trinajstić information content (AvgIpc) is 2.34. The molecule has 0 spiro atoms. The molecule has 0 heterocycles. The molecule has 0 aromatic heterocycles. The Kier molecular flexibility index (Phi) is 5.45. The van der Waals surface area contributed by atoms with Crippen LogP contribution in [0.4, 0.5) is 5.69 Å². The molecular weight excluding hydrogens is 440 g/mol. The molecule has 0 saturated heterocycles. The molecule has 0 radical (unpaired) electrons. The summed E-state index contributed by atoms with van der Waals surface area (Å²) in [4.78, 5) is 12.3. The molecule has 0 aliphatic heterocycles. The lowest BCUT2D eigenvalue weighted by Crippen LogP contribution is -2.40. The minimum absolute atomic E-state index is 0.0101. The lowest BCUT2D eigenvalue weighted by Gasteiger charge is -2.27. The summed E-state index contributed by atoms with van der Waals surface area (Å²) >= 11 is 10.3. The molecule has 2 unspecified atom stereocenters. The molecule has 0 bridgehead atoms. The molecule has 3 N–H and O–H groups in total. The highest BCUT2D eigenvalue weighted by Gasteiger charge is 2.28. The summed E-state index contributed by atoms with van der Waals surface area (Å²) in [7, 11) is 0. The summed E-state index contributed by atoms with van der Waals surface area (Å²) in [5.41, 5.74) is 6.80. The maximum atomic E-state index is 12.3. The van der Waals surface area contributed by atoms with Crippen LogP contribution in [0.15, 0.2) is 25.6 Å². The van der Waals surface area contributed by atoms with Crippen LogP contribution in [0.1, 0.15) is 25.7 Å². The number of carbonyl (C=O) groups excluding carboxylic acids is 1. The number of benzene rings is 1. The zero-order valence-electron chi connectivity index (χ0n) is 10.3. The second-order valence-electron chi connectivity index (χ2n) is 4.79. The van der Waals surface area contributed by atoms with E-state index < -0.39 is 0 Å². The Labute approximate surface area is 138 Å². The zero-order chi connectivity index (χ0) is 14.0. The Morgan fingerprint density at radius 1 is 1.16 bits per heavy atom. The number of carbonyl (C=O) groups is 1. The third-order valence-electron chi connectivity index (χ3n) is 3.41. The predicted molar refractivity (Wildman–Crippen MR) is 88.1 cm³/mol. The van der Waals surface area contributed by atoms with Crippen molar-refractivity contribution in [2.75, 3.05) is 5.32 Å². The molecule has 1 aromatic carbocycles. The largest absolute Gasteiger partial charge is 0.327 e. The molecule has 2 rings (SSSR count). The van der Waals surface area contributed by atoms with Crippen molar-refractivity contribution in [1.82, 2.24) is 0 Å². The summed E-state index contributed by atoms with van der Waals surface area (Å²) in [6, 6.07) is 3.78. The van der Waals surface area contributed by atoms with E-state index >= 15 is 0 Å². The molecule has 1 amide bonds. The molecule has 2 atom stereocenters. The monoisotopic (exact) mass is 452 g/mol. The molecule has 6 heteroatoms. The number of rotatable bonds is 2. The summed E-state index contributed by atoms with van der Waals surface area (Å²) in [5.74, 6) is -0.0767. The normalized spacial score (nSPS) is 23.2. The fourth-order valence-corrected chi connectivity index (χ4v) is 4.82. The van der Waals surface area contributed by atoms with E-state index in [0.29, 0.717) is 0 Å². The first kappa shape index (κ1) is 15.5. The number of nitrogens with two attached hydrogens (primary N) is 1. The van der Waals surface area contributed by atoms with Gasteiger partial charge in [0.05, 0.1) is 11.6 Å². The van der Waals surface area contributed by atoms with Gasteiger partial charge in [-0.05, 0) is 56.8 Å². The van der Waals surface area contributed by atoms with Gasteiger partial charge >= 0.3 is 0 Å². The van der Waals surface area contributed by atoms with Crippen LogP contribution < -0.4 is 11.1 Å². The van der Waals surface area contributed by atoms with Crippen molar-refractivity contribution in [1.29, 1.82) is 0 Å².